The monoisotopic (exact) mass is 257 g/mol. The van der Waals surface area contributed by atoms with Gasteiger partial charge in [0.05, 0.1) is 17.6 Å². The van der Waals surface area contributed by atoms with Gasteiger partial charge in [-0.05, 0) is 31.9 Å². The Hall–Kier alpha value is -2.37. The van der Waals surface area contributed by atoms with Crippen LogP contribution in [0.2, 0.25) is 0 Å². The number of amides is 2. The summed E-state index contributed by atoms with van der Waals surface area (Å²) in [6, 6.07) is 5.38. The van der Waals surface area contributed by atoms with Crippen molar-refractivity contribution in [1.82, 2.24) is 15.2 Å². The van der Waals surface area contributed by atoms with Crippen LogP contribution in [0.5, 0.6) is 0 Å². The van der Waals surface area contributed by atoms with Crippen LogP contribution in [0.25, 0.3) is 0 Å². The quantitative estimate of drug-likeness (QED) is 0.821. The summed E-state index contributed by atoms with van der Waals surface area (Å²) in [6.45, 7) is 2.59. The Morgan fingerprint density at radius 2 is 2.37 bits per heavy atom. The first-order chi connectivity index (χ1) is 9.24. The van der Waals surface area contributed by atoms with Gasteiger partial charge in [0, 0.05) is 12.2 Å². The number of carbonyl (C=O) groups excluding carboxylic acids is 1. The molecule has 0 radical (unpaired) electrons. The zero-order valence-electron chi connectivity index (χ0n) is 10.7. The Morgan fingerprint density at radius 3 is 3.21 bits per heavy atom. The van der Waals surface area contributed by atoms with Crippen molar-refractivity contribution in [2.75, 3.05) is 16.8 Å². The van der Waals surface area contributed by atoms with Crippen LogP contribution >= 0.6 is 0 Å². The highest BCUT2D eigenvalue weighted by Crippen LogP contribution is 2.25. The van der Waals surface area contributed by atoms with Crippen molar-refractivity contribution < 1.29 is 4.79 Å². The maximum atomic E-state index is 12.3. The van der Waals surface area contributed by atoms with Crippen molar-refractivity contribution in [3.8, 4) is 0 Å². The number of H-pyrrole nitrogens is 1. The Morgan fingerprint density at radius 1 is 1.47 bits per heavy atom. The molecular formula is C13H15N5O. The van der Waals surface area contributed by atoms with Crippen LogP contribution in [0.1, 0.15) is 17.8 Å². The molecule has 1 aliphatic heterocycles. The van der Waals surface area contributed by atoms with E-state index in [4.69, 9.17) is 0 Å². The number of hydrogen-bond donors (Lipinski definition) is 2. The standard InChI is InChI=1S/C13H15N5O/c1-9-4-2-6-12(15-9)16-13(19)18-7-3-5-10-11(18)8-14-17-10/h2,4,6,8H,3,5,7H2,1H3,(H,14,17)(H,15,16,19). The fourth-order valence-corrected chi connectivity index (χ4v) is 2.26. The smallest absolute Gasteiger partial charge is 0.292 e. The van der Waals surface area contributed by atoms with Gasteiger partial charge in [0.2, 0.25) is 0 Å². The lowest BCUT2D eigenvalue weighted by molar-refractivity contribution is 0.256. The first kappa shape index (κ1) is 11.7. The van der Waals surface area contributed by atoms with Gasteiger partial charge in [-0.1, -0.05) is 6.07 Å². The maximum Gasteiger partial charge on any atom is 0.327 e. The van der Waals surface area contributed by atoms with Gasteiger partial charge in [-0.15, -0.1) is 0 Å². The summed E-state index contributed by atoms with van der Waals surface area (Å²) in [7, 11) is 0. The van der Waals surface area contributed by atoms with E-state index >= 15 is 0 Å². The van der Waals surface area contributed by atoms with Crippen LogP contribution in [-0.4, -0.2) is 27.8 Å². The summed E-state index contributed by atoms with van der Waals surface area (Å²) < 4.78 is 0. The molecule has 0 atom stereocenters. The third-order valence-corrected chi connectivity index (χ3v) is 3.16. The molecule has 2 N–H and O–H groups in total. The molecule has 3 rings (SSSR count). The van der Waals surface area contributed by atoms with E-state index in [1.165, 1.54) is 0 Å². The van der Waals surface area contributed by atoms with Crippen molar-refractivity contribution in [3.05, 3.63) is 35.8 Å². The highest BCUT2D eigenvalue weighted by Gasteiger charge is 2.24. The van der Waals surface area contributed by atoms with Crippen LogP contribution < -0.4 is 10.2 Å². The van der Waals surface area contributed by atoms with E-state index in [1.54, 1.807) is 17.2 Å². The normalized spacial score (nSPS) is 14.1. The summed E-state index contributed by atoms with van der Waals surface area (Å²) in [5.41, 5.74) is 2.75. The highest BCUT2D eigenvalue weighted by atomic mass is 16.2. The van der Waals surface area contributed by atoms with E-state index in [1.807, 2.05) is 19.1 Å². The Balaban J connectivity index is 1.79. The topological polar surface area (TPSA) is 73.9 Å². The number of hydrogen-bond acceptors (Lipinski definition) is 3. The number of carbonyl (C=O) groups is 1. The first-order valence-corrected chi connectivity index (χ1v) is 6.28. The van der Waals surface area contributed by atoms with E-state index in [-0.39, 0.29) is 6.03 Å². The summed E-state index contributed by atoms with van der Waals surface area (Å²) in [5.74, 6) is 0.570. The van der Waals surface area contributed by atoms with Gasteiger partial charge in [0.15, 0.2) is 0 Å². The summed E-state index contributed by atoms with van der Waals surface area (Å²) in [5, 5.41) is 9.74. The molecule has 2 aromatic rings. The maximum absolute atomic E-state index is 12.3. The van der Waals surface area contributed by atoms with Crippen molar-refractivity contribution >= 4 is 17.5 Å². The number of nitrogens with zero attached hydrogens (tertiary/aromatic N) is 3. The zero-order valence-corrected chi connectivity index (χ0v) is 10.7. The summed E-state index contributed by atoms with van der Waals surface area (Å²) in [6.07, 6.45) is 3.56. The molecule has 19 heavy (non-hydrogen) atoms. The molecule has 3 heterocycles. The van der Waals surface area contributed by atoms with E-state index in [0.717, 1.165) is 29.9 Å². The van der Waals surface area contributed by atoms with Gasteiger partial charge in [-0.2, -0.15) is 5.10 Å². The van der Waals surface area contributed by atoms with Gasteiger partial charge in [0.25, 0.3) is 0 Å². The number of aromatic amines is 1. The van der Waals surface area contributed by atoms with Crippen molar-refractivity contribution in [3.63, 3.8) is 0 Å². The minimum absolute atomic E-state index is 0.166. The number of anilines is 2. The number of pyridine rings is 1. The number of fused-ring (bicyclic) bond motifs is 1. The molecule has 0 unspecified atom stereocenters. The fourth-order valence-electron chi connectivity index (χ4n) is 2.26. The number of rotatable bonds is 1. The lowest BCUT2D eigenvalue weighted by atomic mass is 10.1. The Kier molecular flexibility index (Phi) is 2.91. The molecule has 6 nitrogen and oxygen atoms in total. The van der Waals surface area contributed by atoms with Crippen molar-refractivity contribution in [2.45, 2.75) is 19.8 Å². The number of aromatic nitrogens is 3. The molecular weight excluding hydrogens is 242 g/mol. The SMILES string of the molecule is Cc1cccc(NC(=O)N2CCCc3[nH]ncc32)n1. The zero-order chi connectivity index (χ0) is 13.2. The molecule has 0 bridgehead atoms. The second-order valence-corrected chi connectivity index (χ2v) is 4.58. The average molecular weight is 257 g/mol. The highest BCUT2D eigenvalue weighted by molar-refractivity contribution is 6.01. The lowest BCUT2D eigenvalue weighted by Crippen LogP contribution is -2.38. The van der Waals surface area contributed by atoms with Gasteiger partial charge < -0.3 is 0 Å². The van der Waals surface area contributed by atoms with Gasteiger partial charge >= 0.3 is 6.03 Å². The first-order valence-electron chi connectivity index (χ1n) is 6.28. The molecule has 6 heteroatoms. The molecule has 0 aliphatic carbocycles. The van der Waals surface area contributed by atoms with E-state index in [2.05, 4.69) is 20.5 Å². The third-order valence-electron chi connectivity index (χ3n) is 3.16. The third kappa shape index (κ3) is 2.29. The lowest BCUT2D eigenvalue weighted by Gasteiger charge is -2.26. The molecule has 98 valence electrons. The minimum atomic E-state index is -0.166. The molecule has 0 saturated carbocycles. The van der Waals surface area contributed by atoms with Crippen molar-refractivity contribution in [2.24, 2.45) is 0 Å². The minimum Gasteiger partial charge on any atom is -0.292 e. The van der Waals surface area contributed by atoms with E-state index < -0.39 is 0 Å². The van der Waals surface area contributed by atoms with Crippen LogP contribution in [-0.2, 0) is 6.42 Å². The second-order valence-electron chi connectivity index (χ2n) is 4.58. The number of urea groups is 1. The Labute approximate surface area is 110 Å². The molecule has 0 fully saturated rings. The molecule has 1 aliphatic rings. The van der Waals surface area contributed by atoms with Gasteiger partial charge in [0.1, 0.15) is 5.82 Å². The summed E-state index contributed by atoms with van der Waals surface area (Å²) >= 11 is 0. The molecule has 0 saturated heterocycles. The molecule has 2 aromatic heterocycles. The van der Waals surface area contributed by atoms with E-state index in [0.29, 0.717) is 12.4 Å². The second kappa shape index (κ2) is 4.72. The van der Waals surface area contributed by atoms with Crippen molar-refractivity contribution in [1.29, 1.82) is 0 Å². The molecule has 0 aromatic carbocycles. The van der Waals surface area contributed by atoms with E-state index in [9.17, 15) is 4.79 Å². The Bertz CT molecular complexity index is 607. The number of nitrogens with one attached hydrogen (secondary N) is 2. The van der Waals surface area contributed by atoms with Gasteiger partial charge in [-0.25, -0.2) is 9.78 Å². The van der Waals surface area contributed by atoms with Crippen LogP contribution in [0, 0.1) is 6.92 Å². The average Bonchev–Trinajstić information content (AvgIpc) is 2.86. The summed E-state index contributed by atoms with van der Waals surface area (Å²) in [4.78, 5) is 18.2. The largest absolute Gasteiger partial charge is 0.327 e. The predicted octanol–water partition coefficient (Wildman–Crippen LogP) is 2.10. The number of aryl methyl sites for hydroxylation is 2. The predicted molar refractivity (Wildman–Crippen MR) is 72.2 cm³/mol. The molecule has 0 spiro atoms. The fraction of sp³-hybridized carbons (Fsp3) is 0.308. The van der Waals surface area contributed by atoms with Crippen LogP contribution in [0.15, 0.2) is 24.4 Å². The van der Waals surface area contributed by atoms with Crippen LogP contribution in [0.3, 0.4) is 0 Å². The molecule has 2 amide bonds. The van der Waals surface area contributed by atoms with Crippen LogP contribution in [0.4, 0.5) is 16.3 Å². The van der Waals surface area contributed by atoms with Gasteiger partial charge in [-0.3, -0.25) is 15.3 Å².